The number of fused-ring (bicyclic) bond motifs is 1. The van der Waals surface area contributed by atoms with Crippen LogP contribution in [0.2, 0.25) is 0 Å². The summed E-state index contributed by atoms with van der Waals surface area (Å²) in [5.74, 6) is 3.25. The van der Waals surface area contributed by atoms with Gasteiger partial charge in [-0.1, -0.05) is 6.07 Å². The third-order valence-corrected chi connectivity index (χ3v) is 3.96. The monoisotopic (exact) mass is 298 g/mol. The highest BCUT2D eigenvalue weighted by Gasteiger charge is 2.15. The first-order valence-corrected chi connectivity index (χ1v) is 7.59. The molecular weight excluding hydrogens is 280 g/mol. The van der Waals surface area contributed by atoms with Crippen molar-refractivity contribution in [2.24, 2.45) is 0 Å². The number of hydrogen-bond donors (Lipinski definition) is 1. The van der Waals surface area contributed by atoms with Crippen molar-refractivity contribution in [3.8, 4) is 11.5 Å². The van der Waals surface area contributed by atoms with Gasteiger partial charge in [0.25, 0.3) is 0 Å². The molecule has 6 nitrogen and oxygen atoms in total. The van der Waals surface area contributed by atoms with Crippen molar-refractivity contribution in [2.45, 2.75) is 19.4 Å². The molecule has 114 valence electrons. The van der Waals surface area contributed by atoms with Crippen molar-refractivity contribution in [3.63, 3.8) is 0 Å². The molecule has 22 heavy (non-hydrogen) atoms. The fourth-order valence-corrected chi connectivity index (χ4v) is 2.79. The fourth-order valence-electron chi connectivity index (χ4n) is 2.79. The van der Waals surface area contributed by atoms with E-state index in [4.69, 9.17) is 9.47 Å². The van der Waals surface area contributed by atoms with E-state index >= 15 is 0 Å². The van der Waals surface area contributed by atoms with Gasteiger partial charge in [-0.15, -0.1) is 0 Å². The van der Waals surface area contributed by atoms with E-state index in [0.29, 0.717) is 19.3 Å². The lowest BCUT2D eigenvalue weighted by Gasteiger charge is -2.16. The van der Waals surface area contributed by atoms with E-state index in [2.05, 4.69) is 20.2 Å². The van der Waals surface area contributed by atoms with Gasteiger partial charge in [0.15, 0.2) is 11.5 Å². The third-order valence-electron chi connectivity index (χ3n) is 3.96. The molecule has 0 bridgehead atoms. The molecule has 0 spiro atoms. The highest BCUT2D eigenvalue weighted by atomic mass is 16.7. The number of nitrogens with zero attached hydrogens (tertiary/aromatic N) is 3. The molecule has 1 aromatic heterocycles. The summed E-state index contributed by atoms with van der Waals surface area (Å²) in [6, 6.07) is 7.91. The Morgan fingerprint density at radius 1 is 1.09 bits per heavy atom. The summed E-state index contributed by atoms with van der Waals surface area (Å²) in [5, 5.41) is 3.27. The van der Waals surface area contributed by atoms with Crippen LogP contribution < -0.4 is 19.7 Å². The maximum absolute atomic E-state index is 5.39. The molecule has 0 saturated carbocycles. The molecule has 0 unspecified atom stereocenters. The van der Waals surface area contributed by atoms with Crippen LogP contribution in [0.3, 0.4) is 0 Å². The topological polar surface area (TPSA) is 59.5 Å². The van der Waals surface area contributed by atoms with E-state index in [9.17, 15) is 0 Å². The molecule has 4 rings (SSSR count). The first-order chi connectivity index (χ1) is 10.9. The predicted octanol–water partition coefficient (Wildman–Crippen LogP) is 2.42. The van der Waals surface area contributed by atoms with Crippen LogP contribution >= 0.6 is 0 Å². The lowest BCUT2D eigenvalue weighted by molar-refractivity contribution is 0.174. The summed E-state index contributed by atoms with van der Waals surface area (Å²) in [7, 11) is 0. The summed E-state index contributed by atoms with van der Waals surface area (Å²) in [6.07, 6.45) is 4.29. The average Bonchev–Trinajstić information content (AvgIpc) is 3.24. The second-order valence-corrected chi connectivity index (χ2v) is 5.47. The largest absolute Gasteiger partial charge is 0.454 e. The highest BCUT2D eigenvalue weighted by molar-refractivity contribution is 5.46. The number of aromatic nitrogens is 2. The first kappa shape index (κ1) is 13.2. The predicted molar refractivity (Wildman–Crippen MR) is 83.4 cm³/mol. The summed E-state index contributed by atoms with van der Waals surface area (Å²) in [5.41, 5.74) is 1.11. The van der Waals surface area contributed by atoms with Gasteiger partial charge in [-0.2, -0.15) is 4.98 Å². The standard InChI is InChI=1S/C16H18N4O2/c1-2-8-20(7-1)15-5-6-17-16(19-15)18-10-12-3-4-13-14(9-12)22-11-21-13/h3-6,9H,1-2,7-8,10-11H2,(H,17,18,19). The normalized spacial score (nSPS) is 16.1. The van der Waals surface area contributed by atoms with Crippen molar-refractivity contribution in [3.05, 3.63) is 36.0 Å². The minimum Gasteiger partial charge on any atom is -0.454 e. The van der Waals surface area contributed by atoms with E-state index in [-0.39, 0.29) is 0 Å². The summed E-state index contributed by atoms with van der Waals surface area (Å²) in [6.45, 7) is 3.12. The van der Waals surface area contributed by atoms with Crippen LogP contribution in [0.5, 0.6) is 11.5 Å². The maximum Gasteiger partial charge on any atom is 0.231 e. The second kappa shape index (κ2) is 5.71. The average molecular weight is 298 g/mol. The Labute approximate surface area is 129 Å². The first-order valence-electron chi connectivity index (χ1n) is 7.59. The van der Waals surface area contributed by atoms with Crippen molar-refractivity contribution in [1.82, 2.24) is 9.97 Å². The molecule has 1 N–H and O–H groups in total. The van der Waals surface area contributed by atoms with Crippen LogP contribution in [0, 0.1) is 0 Å². The highest BCUT2D eigenvalue weighted by Crippen LogP contribution is 2.32. The van der Waals surface area contributed by atoms with Gasteiger partial charge in [0, 0.05) is 25.8 Å². The minimum atomic E-state index is 0.299. The zero-order chi connectivity index (χ0) is 14.8. The van der Waals surface area contributed by atoms with Crippen molar-refractivity contribution >= 4 is 11.8 Å². The van der Waals surface area contributed by atoms with E-state index in [1.807, 2.05) is 30.5 Å². The van der Waals surface area contributed by atoms with E-state index in [1.165, 1.54) is 12.8 Å². The number of rotatable bonds is 4. The van der Waals surface area contributed by atoms with E-state index < -0.39 is 0 Å². The molecule has 2 aliphatic heterocycles. The molecule has 2 aromatic rings. The van der Waals surface area contributed by atoms with Gasteiger partial charge in [-0.05, 0) is 36.6 Å². The maximum atomic E-state index is 5.39. The Morgan fingerprint density at radius 3 is 2.86 bits per heavy atom. The van der Waals surface area contributed by atoms with E-state index in [1.54, 1.807) is 0 Å². The number of benzene rings is 1. The molecule has 0 amide bonds. The molecule has 1 saturated heterocycles. The van der Waals surface area contributed by atoms with Crippen LogP contribution in [0.4, 0.5) is 11.8 Å². The molecule has 0 radical (unpaired) electrons. The number of hydrogen-bond acceptors (Lipinski definition) is 6. The zero-order valence-corrected chi connectivity index (χ0v) is 12.3. The lowest BCUT2D eigenvalue weighted by atomic mass is 10.2. The zero-order valence-electron chi connectivity index (χ0n) is 12.3. The molecule has 6 heteroatoms. The van der Waals surface area contributed by atoms with Crippen LogP contribution in [0.25, 0.3) is 0 Å². The van der Waals surface area contributed by atoms with Crippen LogP contribution in [-0.4, -0.2) is 29.9 Å². The summed E-state index contributed by atoms with van der Waals surface area (Å²) < 4.78 is 10.7. The quantitative estimate of drug-likeness (QED) is 0.935. The van der Waals surface area contributed by atoms with Crippen molar-refractivity contribution in [1.29, 1.82) is 0 Å². The van der Waals surface area contributed by atoms with Crippen LogP contribution in [0.15, 0.2) is 30.5 Å². The van der Waals surface area contributed by atoms with Gasteiger partial charge in [-0.3, -0.25) is 0 Å². The summed E-state index contributed by atoms with van der Waals surface area (Å²) in [4.78, 5) is 11.2. The minimum absolute atomic E-state index is 0.299. The smallest absolute Gasteiger partial charge is 0.231 e. The van der Waals surface area contributed by atoms with Crippen LogP contribution in [0.1, 0.15) is 18.4 Å². The molecular formula is C16H18N4O2. The Kier molecular flexibility index (Phi) is 3.42. The summed E-state index contributed by atoms with van der Waals surface area (Å²) >= 11 is 0. The SMILES string of the molecule is c1cc(N2CCCC2)nc(NCc2ccc3c(c2)OCO3)n1. The van der Waals surface area contributed by atoms with Gasteiger partial charge in [0.1, 0.15) is 5.82 Å². The van der Waals surface area contributed by atoms with Crippen molar-refractivity contribution < 1.29 is 9.47 Å². The second-order valence-electron chi connectivity index (χ2n) is 5.47. The van der Waals surface area contributed by atoms with Gasteiger partial charge >= 0.3 is 0 Å². The molecule has 0 aliphatic carbocycles. The number of anilines is 2. The Balaban J connectivity index is 1.44. The Hall–Kier alpha value is -2.50. The molecule has 3 heterocycles. The Bertz CT molecular complexity index is 671. The molecule has 1 aromatic carbocycles. The van der Waals surface area contributed by atoms with Crippen LogP contribution in [-0.2, 0) is 6.54 Å². The van der Waals surface area contributed by atoms with Gasteiger partial charge in [-0.25, -0.2) is 4.98 Å². The molecule has 1 fully saturated rings. The molecule has 0 atom stereocenters. The van der Waals surface area contributed by atoms with E-state index in [0.717, 1.165) is 36.0 Å². The van der Waals surface area contributed by atoms with Gasteiger partial charge in [0.2, 0.25) is 12.7 Å². The van der Waals surface area contributed by atoms with Gasteiger partial charge < -0.3 is 19.7 Å². The third kappa shape index (κ3) is 2.64. The fraction of sp³-hybridized carbons (Fsp3) is 0.375. The number of nitrogens with one attached hydrogen (secondary N) is 1. The lowest BCUT2D eigenvalue weighted by Crippen LogP contribution is -2.19. The number of ether oxygens (including phenoxy) is 2. The Morgan fingerprint density at radius 2 is 1.95 bits per heavy atom. The van der Waals surface area contributed by atoms with Crippen molar-refractivity contribution in [2.75, 3.05) is 30.1 Å². The van der Waals surface area contributed by atoms with Gasteiger partial charge in [0.05, 0.1) is 0 Å². The molecule has 2 aliphatic rings.